The first-order valence-corrected chi connectivity index (χ1v) is 7.17. The number of benzene rings is 1. The molecule has 0 aliphatic carbocycles. The molecule has 1 amide bonds. The van der Waals surface area contributed by atoms with Gasteiger partial charge in [-0.2, -0.15) is 0 Å². The number of primary amides is 1. The highest BCUT2D eigenvalue weighted by Gasteiger charge is 2.22. The van der Waals surface area contributed by atoms with Crippen LogP contribution in [-0.4, -0.2) is 10.5 Å². The summed E-state index contributed by atoms with van der Waals surface area (Å²) >= 11 is 0. The van der Waals surface area contributed by atoms with Crippen LogP contribution >= 0.6 is 0 Å². The molecule has 0 bridgehead atoms. The van der Waals surface area contributed by atoms with E-state index in [1.54, 1.807) is 6.26 Å². The van der Waals surface area contributed by atoms with Gasteiger partial charge in [-0.25, -0.2) is 0 Å². The number of carbonyl (C=O) groups excluding carboxylic acids is 1. The maximum absolute atomic E-state index is 11.8. The van der Waals surface area contributed by atoms with Crippen molar-refractivity contribution in [2.75, 3.05) is 0 Å². The van der Waals surface area contributed by atoms with Gasteiger partial charge in [0.2, 0.25) is 0 Å². The fraction of sp³-hybridized carbons (Fsp3) is 0.167. The smallest absolute Gasteiger partial charge is 0.250 e. The van der Waals surface area contributed by atoms with Gasteiger partial charge < -0.3 is 14.7 Å². The van der Waals surface area contributed by atoms with Crippen molar-refractivity contribution in [2.24, 2.45) is 5.73 Å². The van der Waals surface area contributed by atoms with Crippen molar-refractivity contribution in [1.29, 1.82) is 0 Å². The minimum absolute atomic E-state index is 0.398. The lowest BCUT2D eigenvalue weighted by Gasteiger charge is -2.11. The van der Waals surface area contributed by atoms with Crippen LogP contribution in [0, 0.1) is 13.8 Å². The highest BCUT2D eigenvalue weighted by molar-refractivity contribution is 5.98. The molecule has 2 heterocycles. The number of carbonyl (C=O) groups is 1. The van der Waals surface area contributed by atoms with E-state index in [0.717, 1.165) is 28.3 Å². The van der Waals surface area contributed by atoms with E-state index in [1.165, 1.54) is 0 Å². The summed E-state index contributed by atoms with van der Waals surface area (Å²) in [4.78, 5) is 11.8. The van der Waals surface area contributed by atoms with Crippen LogP contribution in [0.1, 0.15) is 27.4 Å². The number of nitrogens with zero attached hydrogens (tertiary/aromatic N) is 1. The summed E-state index contributed by atoms with van der Waals surface area (Å²) in [7, 11) is 0. The molecule has 0 aliphatic rings. The summed E-state index contributed by atoms with van der Waals surface area (Å²) in [5.74, 6) is 0.441. The van der Waals surface area contributed by atoms with Crippen molar-refractivity contribution >= 4 is 5.91 Å². The SMILES string of the molecule is Cc1c(C(N)=O)c(C)n(Cc2ccco2)c1-c1ccccc1. The van der Waals surface area contributed by atoms with Crippen molar-refractivity contribution in [1.82, 2.24) is 4.57 Å². The highest BCUT2D eigenvalue weighted by Crippen LogP contribution is 2.31. The zero-order valence-electron chi connectivity index (χ0n) is 12.7. The Labute approximate surface area is 129 Å². The Morgan fingerprint density at radius 1 is 1.14 bits per heavy atom. The minimum Gasteiger partial charge on any atom is -0.467 e. The lowest BCUT2D eigenvalue weighted by atomic mass is 10.1. The lowest BCUT2D eigenvalue weighted by Crippen LogP contribution is -2.13. The molecule has 0 unspecified atom stereocenters. The average molecular weight is 294 g/mol. The first-order valence-electron chi connectivity index (χ1n) is 7.17. The van der Waals surface area contributed by atoms with E-state index in [4.69, 9.17) is 10.2 Å². The third-order valence-corrected chi connectivity index (χ3v) is 3.95. The van der Waals surface area contributed by atoms with Crippen LogP contribution in [0.2, 0.25) is 0 Å². The second kappa shape index (κ2) is 5.56. The predicted octanol–water partition coefficient (Wildman–Crippen LogP) is 3.51. The zero-order chi connectivity index (χ0) is 15.7. The highest BCUT2D eigenvalue weighted by atomic mass is 16.3. The number of amides is 1. The molecular weight excluding hydrogens is 276 g/mol. The second-order valence-electron chi connectivity index (χ2n) is 5.33. The molecule has 0 spiro atoms. The standard InChI is InChI=1S/C18H18N2O2/c1-12-16(18(19)21)13(2)20(11-15-9-6-10-22-15)17(12)14-7-4-3-5-8-14/h3-10H,11H2,1-2H3,(H2,19,21). The number of rotatable bonds is 4. The van der Waals surface area contributed by atoms with E-state index < -0.39 is 5.91 Å². The first-order chi connectivity index (χ1) is 10.6. The maximum Gasteiger partial charge on any atom is 0.250 e. The van der Waals surface area contributed by atoms with Crippen LogP contribution in [0.15, 0.2) is 53.1 Å². The summed E-state index contributed by atoms with van der Waals surface area (Å²) < 4.78 is 7.54. The van der Waals surface area contributed by atoms with E-state index in [2.05, 4.69) is 4.57 Å². The van der Waals surface area contributed by atoms with Gasteiger partial charge in [0.25, 0.3) is 5.91 Å². The second-order valence-corrected chi connectivity index (χ2v) is 5.33. The van der Waals surface area contributed by atoms with E-state index in [0.29, 0.717) is 12.1 Å². The summed E-state index contributed by atoms with van der Waals surface area (Å²) in [6, 6.07) is 13.8. The molecule has 4 nitrogen and oxygen atoms in total. The number of hydrogen-bond acceptors (Lipinski definition) is 2. The molecule has 1 aromatic carbocycles. The third kappa shape index (κ3) is 2.33. The molecular formula is C18H18N2O2. The third-order valence-electron chi connectivity index (χ3n) is 3.95. The van der Waals surface area contributed by atoms with Gasteiger partial charge in [0.15, 0.2) is 0 Å². The number of hydrogen-bond donors (Lipinski definition) is 1. The molecule has 3 rings (SSSR count). The lowest BCUT2D eigenvalue weighted by molar-refractivity contribution is 0.0999. The van der Waals surface area contributed by atoms with Crippen molar-refractivity contribution < 1.29 is 9.21 Å². The summed E-state index contributed by atoms with van der Waals surface area (Å²) in [5, 5.41) is 0. The molecule has 0 fully saturated rings. The molecule has 0 radical (unpaired) electrons. The van der Waals surface area contributed by atoms with Crippen molar-refractivity contribution in [3.05, 3.63) is 71.3 Å². The zero-order valence-corrected chi connectivity index (χ0v) is 12.7. The van der Waals surface area contributed by atoms with Crippen molar-refractivity contribution in [3.8, 4) is 11.3 Å². The van der Waals surface area contributed by atoms with Gasteiger partial charge in [0.1, 0.15) is 5.76 Å². The fourth-order valence-electron chi connectivity index (χ4n) is 2.98. The van der Waals surface area contributed by atoms with Gasteiger partial charge in [0, 0.05) is 5.69 Å². The molecule has 112 valence electrons. The Balaban J connectivity index is 2.22. The van der Waals surface area contributed by atoms with E-state index >= 15 is 0 Å². The normalized spacial score (nSPS) is 10.8. The number of aromatic nitrogens is 1. The predicted molar refractivity (Wildman–Crippen MR) is 85.7 cm³/mol. The molecule has 4 heteroatoms. The molecule has 0 aliphatic heterocycles. The Kier molecular flexibility index (Phi) is 3.59. The summed E-state index contributed by atoms with van der Waals surface area (Å²) in [5.41, 5.74) is 9.99. The molecule has 0 saturated heterocycles. The van der Waals surface area contributed by atoms with Gasteiger partial charge in [-0.1, -0.05) is 30.3 Å². The maximum atomic E-state index is 11.8. The molecule has 2 aromatic heterocycles. The fourth-order valence-corrected chi connectivity index (χ4v) is 2.98. The van der Waals surface area contributed by atoms with Crippen LogP contribution in [0.4, 0.5) is 0 Å². The average Bonchev–Trinajstić information content (AvgIpc) is 3.08. The van der Waals surface area contributed by atoms with Crippen LogP contribution in [0.3, 0.4) is 0 Å². The van der Waals surface area contributed by atoms with Crippen molar-refractivity contribution in [2.45, 2.75) is 20.4 Å². The Hall–Kier alpha value is -2.75. The molecule has 2 N–H and O–H groups in total. The first kappa shape index (κ1) is 14.2. The van der Waals surface area contributed by atoms with Gasteiger partial charge in [-0.3, -0.25) is 4.79 Å². The molecule has 0 saturated carbocycles. The van der Waals surface area contributed by atoms with Crippen molar-refractivity contribution in [3.63, 3.8) is 0 Å². The summed E-state index contributed by atoms with van der Waals surface area (Å²) in [6.45, 7) is 4.42. The van der Waals surface area contributed by atoms with Gasteiger partial charge in [-0.15, -0.1) is 0 Å². The number of furan rings is 1. The Morgan fingerprint density at radius 2 is 1.86 bits per heavy atom. The molecule has 3 aromatic rings. The van der Waals surface area contributed by atoms with E-state index in [-0.39, 0.29) is 0 Å². The Bertz CT molecular complexity index is 799. The Morgan fingerprint density at radius 3 is 2.45 bits per heavy atom. The largest absolute Gasteiger partial charge is 0.467 e. The summed E-state index contributed by atoms with van der Waals surface area (Å²) in [6.07, 6.45) is 1.65. The quantitative estimate of drug-likeness (QED) is 0.800. The van der Waals surface area contributed by atoms with Crippen LogP contribution < -0.4 is 5.73 Å². The minimum atomic E-state index is -0.398. The molecule has 0 atom stereocenters. The monoisotopic (exact) mass is 294 g/mol. The van der Waals surface area contributed by atoms with Crippen LogP contribution in [0.5, 0.6) is 0 Å². The van der Waals surface area contributed by atoms with Crippen LogP contribution in [-0.2, 0) is 6.54 Å². The number of nitrogens with two attached hydrogens (primary N) is 1. The van der Waals surface area contributed by atoms with Gasteiger partial charge >= 0.3 is 0 Å². The van der Waals surface area contributed by atoms with Gasteiger partial charge in [0.05, 0.1) is 24.1 Å². The van der Waals surface area contributed by atoms with E-state index in [1.807, 2.05) is 56.3 Å². The topological polar surface area (TPSA) is 61.2 Å². The van der Waals surface area contributed by atoms with E-state index in [9.17, 15) is 4.79 Å². The molecule has 22 heavy (non-hydrogen) atoms. The van der Waals surface area contributed by atoms with Crippen LogP contribution in [0.25, 0.3) is 11.3 Å². The van der Waals surface area contributed by atoms with Gasteiger partial charge in [-0.05, 0) is 37.1 Å².